The number of nitrogens with zero attached hydrogens (tertiary/aromatic N) is 4. The summed E-state index contributed by atoms with van der Waals surface area (Å²) in [6.45, 7) is 5.16. The topological polar surface area (TPSA) is 64.3 Å². The first kappa shape index (κ1) is 19.4. The van der Waals surface area contributed by atoms with E-state index in [0.29, 0.717) is 25.5 Å². The lowest BCUT2D eigenvalue weighted by Crippen LogP contribution is -2.16. The van der Waals surface area contributed by atoms with Crippen LogP contribution in [0.3, 0.4) is 0 Å². The minimum Gasteiger partial charge on any atom is -0.474 e. The molecule has 1 aliphatic heterocycles. The molecule has 0 fully saturated rings. The fourth-order valence-electron chi connectivity index (χ4n) is 2.32. The quantitative estimate of drug-likeness (QED) is 0.725. The van der Waals surface area contributed by atoms with Crippen LogP contribution >= 0.6 is 0 Å². The lowest BCUT2D eigenvalue weighted by Gasteiger charge is -2.10. The zero-order valence-corrected chi connectivity index (χ0v) is 15.7. The van der Waals surface area contributed by atoms with Gasteiger partial charge in [-0.2, -0.15) is 5.10 Å². The molecule has 6 heteroatoms. The van der Waals surface area contributed by atoms with Crippen molar-refractivity contribution in [1.82, 2.24) is 20.1 Å². The number of aromatic nitrogens is 3. The van der Waals surface area contributed by atoms with E-state index in [1.807, 2.05) is 55.1 Å². The Kier molecular flexibility index (Phi) is 8.12. The van der Waals surface area contributed by atoms with Gasteiger partial charge < -0.3 is 10.1 Å². The largest absolute Gasteiger partial charge is 0.474 e. The lowest BCUT2D eigenvalue weighted by atomic mass is 10.2. The first-order valence-corrected chi connectivity index (χ1v) is 8.87. The van der Waals surface area contributed by atoms with E-state index in [9.17, 15) is 0 Å². The molecule has 1 aromatic rings. The van der Waals surface area contributed by atoms with Crippen LogP contribution in [0.25, 0.3) is 5.57 Å². The van der Waals surface area contributed by atoms with Gasteiger partial charge in [0.1, 0.15) is 12.9 Å². The molecule has 0 atom stereocenters. The average Bonchev–Trinajstić information content (AvgIpc) is 2.97. The summed E-state index contributed by atoms with van der Waals surface area (Å²) in [5.41, 5.74) is 2.02. The van der Waals surface area contributed by atoms with Crippen molar-refractivity contribution < 1.29 is 4.74 Å². The first-order valence-electron chi connectivity index (χ1n) is 8.87. The molecule has 0 saturated carbocycles. The molecule has 1 aromatic heterocycles. The van der Waals surface area contributed by atoms with E-state index in [2.05, 4.69) is 33.4 Å². The molecule has 0 radical (unpaired) electrons. The zero-order valence-electron chi connectivity index (χ0n) is 15.7. The summed E-state index contributed by atoms with van der Waals surface area (Å²) in [7, 11) is 1.88. The van der Waals surface area contributed by atoms with Crippen LogP contribution in [0.2, 0.25) is 0 Å². The molecule has 1 aliphatic rings. The van der Waals surface area contributed by atoms with Gasteiger partial charge in [0.15, 0.2) is 11.7 Å². The Bertz CT molecular complexity index is 750. The van der Waals surface area contributed by atoms with Gasteiger partial charge in [-0.1, -0.05) is 37.3 Å². The van der Waals surface area contributed by atoms with E-state index >= 15 is 0 Å². The maximum absolute atomic E-state index is 5.76. The van der Waals surface area contributed by atoms with Crippen molar-refractivity contribution in [3.63, 3.8) is 0 Å². The van der Waals surface area contributed by atoms with Crippen molar-refractivity contribution >= 4 is 11.5 Å². The fourth-order valence-corrected chi connectivity index (χ4v) is 2.32. The number of rotatable bonds is 8. The summed E-state index contributed by atoms with van der Waals surface area (Å²) < 4.78 is 7.58. The summed E-state index contributed by atoms with van der Waals surface area (Å²) in [5.74, 6) is 1.45. The highest BCUT2D eigenvalue weighted by Crippen LogP contribution is 2.12. The van der Waals surface area contributed by atoms with Gasteiger partial charge in [-0.25, -0.2) is 14.7 Å². The van der Waals surface area contributed by atoms with E-state index in [1.165, 1.54) is 0 Å². The minimum atomic E-state index is 0.443. The third-order valence-corrected chi connectivity index (χ3v) is 3.65. The van der Waals surface area contributed by atoms with Crippen molar-refractivity contribution in [1.29, 1.82) is 0 Å². The third kappa shape index (κ3) is 6.20. The van der Waals surface area contributed by atoms with Crippen molar-refractivity contribution in [2.24, 2.45) is 4.99 Å². The highest BCUT2D eigenvalue weighted by molar-refractivity contribution is 5.78. The molecule has 0 aliphatic carbocycles. The zero-order chi connectivity index (χ0) is 18.6. The van der Waals surface area contributed by atoms with E-state index in [1.54, 1.807) is 12.5 Å². The highest BCUT2D eigenvalue weighted by Gasteiger charge is 2.05. The molecule has 138 valence electrons. The maximum Gasteiger partial charge on any atom is 0.192 e. The number of hydrogen-bond acceptors (Lipinski definition) is 5. The second kappa shape index (κ2) is 10.9. The van der Waals surface area contributed by atoms with E-state index in [-0.39, 0.29) is 0 Å². The monoisotopic (exact) mass is 353 g/mol. The number of ether oxygens (including phenoxy) is 1. The fraction of sp³-hybridized carbons (Fsp3) is 0.350. The van der Waals surface area contributed by atoms with Gasteiger partial charge in [0.2, 0.25) is 0 Å². The SMILES string of the molecule is C/C=C\C(=C/CC)c1ncn(C/C=C(/COC2=NC=CC=CC2)NC)n1. The average molecular weight is 353 g/mol. The van der Waals surface area contributed by atoms with Crippen LogP contribution < -0.4 is 5.32 Å². The second-order valence-corrected chi connectivity index (χ2v) is 5.62. The van der Waals surface area contributed by atoms with Crippen molar-refractivity contribution in [3.8, 4) is 0 Å². The molecule has 2 rings (SSSR count). The van der Waals surface area contributed by atoms with Crippen LogP contribution in [-0.2, 0) is 11.3 Å². The predicted molar refractivity (Wildman–Crippen MR) is 107 cm³/mol. The Morgan fingerprint density at radius 1 is 1.35 bits per heavy atom. The van der Waals surface area contributed by atoms with Crippen LogP contribution in [0.5, 0.6) is 0 Å². The Morgan fingerprint density at radius 2 is 2.23 bits per heavy atom. The van der Waals surface area contributed by atoms with E-state index < -0.39 is 0 Å². The maximum atomic E-state index is 5.76. The van der Waals surface area contributed by atoms with Crippen LogP contribution in [0.1, 0.15) is 32.5 Å². The van der Waals surface area contributed by atoms with Gasteiger partial charge in [-0.3, -0.25) is 0 Å². The van der Waals surface area contributed by atoms with Crippen molar-refractivity contribution in [2.45, 2.75) is 33.2 Å². The van der Waals surface area contributed by atoms with Crippen molar-refractivity contribution in [2.75, 3.05) is 13.7 Å². The van der Waals surface area contributed by atoms with Crippen molar-refractivity contribution in [3.05, 3.63) is 66.6 Å². The Labute approximate surface area is 155 Å². The summed E-state index contributed by atoms with van der Waals surface area (Å²) in [4.78, 5) is 8.67. The molecular formula is C20H27N5O. The smallest absolute Gasteiger partial charge is 0.192 e. The van der Waals surface area contributed by atoms with E-state index in [0.717, 1.165) is 23.5 Å². The molecular weight excluding hydrogens is 326 g/mol. The first-order chi connectivity index (χ1) is 12.8. The van der Waals surface area contributed by atoms with Crippen LogP contribution in [0.4, 0.5) is 0 Å². The molecule has 0 spiro atoms. The van der Waals surface area contributed by atoms with Crippen LogP contribution in [-0.4, -0.2) is 34.3 Å². The second-order valence-electron chi connectivity index (χ2n) is 5.62. The highest BCUT2D eigenvalue weighted by atomic mass is 16.5. The molecule has 0 unspecified atom stereocenters. The van der Waals surface area contributed by atoms with Crippen LogP contribution in [0, 0.1) is 0 Å². The third-order valence-electron chi connectivity index (χ3n) is 3.65. The standard InChI is InChI=1S/C20H27N5O/c1-4-9-17(10-5-2)20-23-16-25(24-20)14-12-18(21-3)15-26-19-11-7-6-8-13-22-19/h4,6-10,12-13,16,21H,5,11,14-15H2,1-3H3/b9-4-,17-10+,18-12-. The van der Waals surface area contributed by atoms with Crippen LogP contribution in [0.15, 0.2) is 65.7 Å². The summed E-state index contributed by atoms with van der Waals surface area (Å²) >= 11 is 0. The molecule has 26 heavy (non-hydrogen) atoms. The normalized spacial score (nSPS) is 15.3. The van der Waals surface area contributed by atoms with Gasteiger partial charge in [-0.05, 0) is 25.5 Å². The minimum absolute atomic E-state index is 0.443. The Hall–Kier alpha value is -2.89. The number of nitrogens with one attached hydrogen (secondary N) is 1. The van der Waals surface area contributed by atoms with Gasteiger partial charge >= 0.3 is 0 Å². The number of allylic oxidation sites excluding steroid dienone is 7. The van der Waals surface area contributed by atoms with Gasteiger partial charge in [0, 0.05) is 30.9 Å². The Balaban J connectivity index is 1.96. The van der Waals surface area contributed by atoms with Gasteiger partial charge in [0.05, 0.1) is 6.54 Å². The summed E-state index contributed by atoms with van der Waals surface area (Å²) in [5, 5.41) is 7.71. The summed E-state index contributed by atoms with van der Waals surface area (Å²) in [6.07, 6.45) is 19.2. The number of likely N-dealkylation sites (N-methyl/N-ethyl adjacent to an activating group) is 1. The summed E-state index contributed by atoms with van der Waals surface area (Å²) in [6, 6.07) is 0. The Morgan fingerprint density at radius 3 is 3.00 bits per heavy atom. The lowest BCUT2D eigenvalue weighted by molar-refractivity contribution is 0.325. The number of hydrogen-bond donors (Lipinski definition) is 1. The number of aliphatic imine (C=N–C) groups is 1. The molecule has 2 heterocycles. The molecule has 0 bridgehead atoms. The molecule has 0 saturated heterocycles. The predicted octanol–water partition coefficient (Wildman–Crippen LogP) is 3.64. The molecule has 6 nitrogen and oxygen atoms in total. The van der Waals surface area contributed by atoms with E-state index in [4.69, 9.17) is 4.74 Å². The molecule has 1 N–H and O–H groups in total. The molecule has 0 aromatic carbocycles. The van der Waals surface area contributed by atoms with Gasteiger partial charge in [0.25, 0.3) is 0 Å². The van der Waals surface area contributed by atoms with Gasteiger partial charge in [-0.15, -0.1) is 0 Å². The molecule has 0 amide bonds.